The molecule has 1 heterocycles. The Labute approximate surface area is 112 Å². The number of carbonyl (C=O) groups is 1. The van der Waals surface area contributed by atoms with E-state index in [4.69, 9.17) is 9.84 Å². The summed E-state index contributed by atoms with van der Waals surface area (Å²) in [5.41, 5.74) is 1.92. The maximum Gasteiger partial charge on any atom is 0.307 e. The Bertz CT molecular complexity index is 418. The van der Waals surface area contributed by atoms with Crippen molar-refractivity contribution in [3.63, 3.8) is 0 Å². The molecule has 1 aliphatic rings. The zero-order valence-corrected chi connectivity index (χ0v) is 10.8. The van der Waals surface area contributed by atoms with Gasteiger partial charge >= 0.3 is 5.97 Å². The third-order valence-corrected chi connectivity index (χ3v) is 3.12. The van der Waals surface area contributed by atoms with Gasteiger partial charge in [0, 0.05) is 19.6 Å². The van der Waals surface area contributed by atoms with Crippen molar-refractivity contribution in [2.24, 2.45) is 0 Å². The predicted octanol–water partition coefficient (Wildman–Crippen LogP) is 0.507. The number of hydrogen-bond acceptors (Lipinski definition) is 4. The molecule has 2 rings (SSSR count). The lowest BCUT2D eigenvalue weighted by molar-refractivity contribution is -0.136. The first-order valence-corrected chi connectivity index (χ1v) is 6.41. The van der Waals surface area contributed by atoms with E-state index in [0.717, 1.165) is 24.2 Å². The summed E-state index contributed by atoms with van der Waals surface area (Å²) < 4.78 is 5.28. The van der Waals surface area contributed by atoms with Gasteiger partial charge in [-0.3, -0.25) is 9.69 Å². The van der Waals surface area contributed by atoms with Crippen LogP contribution in [0.2, 0.25) is 0 Å². The summed E-state index contributed by atoms with van der Waals surface area (Å²) in [6.07, 6.45) is -0.384. The molecule has 1 fully saturated rings. The molecule has 19 heavy (non-hydrogen) atoms. The fourth-order valence-electron chi connectivity index (χ4n) is 2.19. The number of rotatable bonds is 4. The number of aliphatic hydroxyl groups is 1. The van der Waals surface area contributed by atoms with Crippen LogP contribution in [-0.2, 0) is 22.5 Å². The second-order valence-electron chi connectivity index (χ2n) is 4.85. The van der Waals surface area contributed by atoms with Crippen LogP contribution >= 0.6 is 0 Å². The SMILES string of the molecule is O=C(O)Cc1ccc(CN2CCOC[C@@H](O)C2)cc1. The summed E-state index contributed by atoms with van der Waals surface area (Å²) in [5.74, 6) is -0.819. The van der Waals surface area contributed by atoms with E-state index in [-0.39, 0.29) is 6.42 Å². The summed E-state index contributed by atoms with van der Waals surface area (Å²) in [7, 11) is 0. The van der Waals surface area contributed by atoms with Gasteiger partial charge in [-0.05, 0) is 11.1 Å². The molecule has 0 amide bonds. The molecule has 1 aromatic rings. The summed E-state index contributed by atoms with van der Waals surface area (Å²) >= 11 is 0. The molecule has 1 aliphatic heterocycles. The monoisotopic (exact) mass is 265 g/mol. The Morgan fingerprint density at radius 3 is 2.68 bits per heavy atom. The number of aliphatic carboxylic acids is 1. The van der Waals surface area contributed by atoms with Crippen LogP contribution in [0.4, 0.5) is 0 Å². The zero-order valence-electron chi connectivity index (χ0n) is 10.8. The Morgan fingerprint density at radius 2 is 2.00 bits per heavy atom. The van der Waals surface area contributed by atoms with Gasteiger partial charge in [0.1, 0.15) is 0 Å². The fraction of sp³-hybridized carbons (Fsp3) is 0.500. The summed E-state index contributed by atoms with van der Waals surface area (Å²) in [5, 5.41) is 18.4. The number of carboxylic acids is 1. The Morgan fingerprint density at radius 1 is 1.32 bits per heavy atom. The molecule has 5 nitrogen and oxygen atoms in total. The van der Waals surface area contributed by atoms with E-state index in [9.17, 15) is 9.90 Å². The number of hydrogen-bond donors (Lipinski definition) is 2. The van der Waals surface area contributed by atoms with Crippen molar-refractivity contribution in [1.29, 1.82) is 0 Å². The van der Waals surface area contributed by atoms with Gasteiger partial charge in [-0.25, -0.2) is 0 Å². The van der Waals surface area contributed by atoms with Crippen LogP contribution in [0.5, 0.6) is 0 Å². The van der Waals surface area contributed by atoms with E-state index in [1.165, 1.54) is 0 Å². The number of benzene rings is 1. The minimum Gasteiger partial charge on any atom is -0.481 e. The van der Waals surface area contributed by atoms with E-state index in [0.29, 0.717) is 19.8 Å². The predicted molar refractivity (Wildman–Crippen MR) is 69.9 cm³/mol. The van der Waals surface area contributed by atoms with Crippen LogP contribution in [0.1, 0.15) is 11.1 Å². The van der Waals surface area contributed by atoms with Gasteiger partial charge in [0.25, 0.3) is 0 Å². The molecule has 0 spiro atoms. The van der Waals surface area contributed by atoms with Crippen molar-refractivity contribution in [3.8, 4) is 0 Å². The smallest absolute Gasteiger partial charge is 0.307 e. The van der Waals surface area contributed by atoms with Gasteiger partial charge in [0.2, 0.25) is 0 Å². The third kappa shape index (κ3) is 4.63. The summed E-state index contributed by atoms with van der Waals surface area (Å²) in [6, 6.07) is 7.56. The number of carboxylic acid groups (broad SMARTS) is 1. The molecule has 0 bridgehead atoms. The quantitative estimate of drug-likeness (QED) is 0.830. The Kier molecular flexibility index (Phi) is 4.90. The average Bonchev–Trinajstić information content (AvgIpc) is 2.55. The van der Waals surface area contributed by atoms with Gasteiger partial charge in [-0.2, -0.15) is 0 Å². The molecule has 1 saturated heterocycles. The lowest BCUT2D eigenvalue weighted by atomic mass is 10.1. The summed E-state index contributed by atoms with van der Waals surface area (Å²) in [6.45, 7) is 3.18. The molecule has 0 aliphatic carbocycles. The average molecular weight is 265 g/mol. The number of β-amino-alcohol motifs (C(OH)–C–C–N with tert-alkyl or cyclic N) is 1. The highest BCUT2D eigenvalue weighted by molar-refractivity contribution is 5.70. The highest BCUT2D eigenvalue weighted by Gasteiger charge is 2.16. The van der Waals surface area contributed by atoms with Crippen molar-refractivity contribution in [3.05, 3.63) is 35.4 Å². The van der Waals surface area contributed by atoms with Crippen LogP contribution in [0.15, 0.2) is 24.3 Å². The first kappa shape index (κ1) is 14.0. The number of nitrogens with zero attached hydrogens (tertiary/aromatic N) is 1. The van der Waals surface area contributed by atoms with Gasteiger partial charge < -0.3 is 14.9 Å². The highest BCUT2D eigenvalue weighted by atomic mass is 16.5. The van der Waals surface area contributed by atoms with E-state index < -0.39 is 12.1 Å². The standard InChI is InChI=1S/C14H19NO4/c16-13-9-15(5-6-19-10-13)8-12-3-1-11(2-4-12)7-14(17)18/h1-4,13,16H,5-10H2,(H,17,18)/t13-/m0/s1. The minimum atomic E-state index is -0.819. The Balaban J connectivity index is 1.92. The molecule has 1 aromatic carbocycles. The molecule has 0 radical (unpaired) electrons. The Hall–Kier alpha value is -1.43. The van der Waals surface area contributed by atoms with E-state index in [1.807, 2.05) is 24.3 Å². The number of ether oxygens (including phenoxy) is 1. The maximum absolute atomic E-state index is 10.6. The van der Waals surface area contributed by atoms with Crippen LogP contribution in [0.25, 0.3) is 0 Å². The lowest BCUT2D eigenvalue weighted by Crippen LogP contribution is -2.32. The molecule has 0 saturated carbocycles. The van der Waals surface area contributed by atoms with Crippen molar-refractivity contribution >= 4 is 5.97 Å². The fourth-order valence-corrected chi connectivity index (χ4v) is 2.19. The zero-order chi connectivity index (χ0) is 13.7. The molecular weight excluding hydrogens is 246 g/mol. The molecule has 0 aromatic heterocycles. The van der Waals surface area contributed by atoms with Crippen LogP contribution in [-0.4, -0.2) is 53.5 Å². The number of aliphatic hydroxyl groups excluding tert-OH is 1. The van der Waals surface area contributed by atoms with Crippen LogP contribution < -0.4 is 0 Å². The molecule has 104 valence electrons. The molecule has 5 heteroatoms. The molecule has 2 N–H and O–H groups in total. The second kappa shape index (κ2) is 6.65. The van der Waals surface area contributed by atoms with Crippen molar-refractivity contribution in [2.45, 2.75) is 19.1 Å². The van der Waals surface area contributed by atoms with Gasteiger partial charge in [0.15, 0.2) is 0 Å². The normalized spacial score (nSPS) is 21.0. The van der Waals surface area contributed by atoms with Crippen LogP contribution in [0.3, 0.4) is 0 Å². The van der Waals surface area contributed by atoms with E-state index in [1.54, 1.807) is 0 Å². The molecule has 1 atom stereocenters. The van der Waals surface area contributed by atoms with E-state index in [2.05, 4.69) is 4.90 Å². The van der Waals surface area contributed by atoms with Crippen molar-refractivity contribution < 1.29 is 19.7 Å². The van der Waals surface area contributed by atoms with Gasteiger partial charge in [-0.15, -0.1) is 0 Å². The van der Waals surface area contributed by atoms with Crippen LogP contribution in [0, 0.1) is 0 Å². The highest BCUT2D eigenvalue weighted by Crippen LogP contribution is 2.10. The molecular formula is C14H19NO4. The van der Waals surface area contributed by atoms with Gasteiger partial charge in [-0.1, -0.05) is 24.3 Å². The first-order valence-electron chi connectivity index (χ1n) is 6.41. The minimum absolute atomic E-state index is 0.0521. The van der Waals surface area contributed by atoms with E-state index >= 15 is 0 Å². The van der Waals surface area contributed by atoms with Crippen molar-refractivity contribution in [2.75, 3.05) is 26.3 Å². The third-order valence-electron chi connectivity index (χ3n) is 3.12. The maximum atomic E-state index is 10.6. The lowest BCUT2D eigenvalue weighted by Gasteiger charge is -2.20. The van der Waals surface area contributed by atoms with Crippen molar-refractivity contribution in [1.82, 2.24) is 4.90 Å². The van der Waals surface area contributed by atoms with Gasteiger partial charge in [0.05, 0.1) is 25.7 Å². The largest absolute Gasteiger partial charge is 0.481 e. The topological polar surface area (TPSA) is 70.0 Å². The first-order chi connectivity index (χ1) is 9.13. The summed E-state index contributed by atoms with van der Waals surface area (Å²) in [4.78, 5) is 12.7. The second-order valence-corrected chi connectivity index (χ2v) is 4.85. The molecule has 0 unspecified atom stereocenters.